The fourth-order valence-electron chi connectivity index (χ4n) is 1.35. The summed E-state index contributed by atoms with van der Waals surface area (Å²) >= 11 is 5.83. The topological polar surface area (TPSA) is 50.2 Å². The van der Waals surface area contributed by atoms with Crippen LogP contribution in [0.5, 0.6) is 5.75 Å². The van der Waals surface area contributed by atoms with Gasteiger partial charge in [0.2, 0.25) is 0 Å². The van der Waals surface area contributed by atoms with E-state index in [1.807, 2.05) is 0 Å². The van der Waals surface area contributed by atoms with Crippen LogP contribution in [0.3, 0.4) is 0 Å². The zero-order valence-electron chi connectivity index (χ0n) is 7.07. The van der Waals surface area contributed by atoms with Crippen LogP contribution in [-0.4, -0.2) is 16.4 Å². The highest BCUT2D eigenvalue weighted by Gasteiger charge is 2.07. The summed E-state index contributed by atoms with van der Waals surface area (Å²) in [4.78, 5) is 14.6. The summed E-state index contributed by atoms with van der Waals surface area (Å²) < 4.78 is 0. The van der Waals surface area contributed by atoms with Crippen molar-refractivity contribution in [1.82, 2.24) is 4.98 Å². The lowest BCUT2D eigenvalue weighted by Crippen LogP contribution is -1.86. The zero-order valence-corrected chi connectivity index (χ0v) is 7.82. The molecule has 1 heterocycles. The minimum Gasteiger partial charge on any atom is -0.507 e. The summed E-state index contributed by atoms with van der Waals surface area (Å²) in [5, 5.41) is 11.0. The van der Waals surface area contributed by atoms with Gasteiger partial charge in [-0.05, 0) is 18.2 Å². The molecule has 0 saturated carbocycles. The van der Waals surface area contributed by atoms with Crippen LogP contribution in [0, 0.1) is 0 Å². The number of nitrogens with zero attached hydrogens (tertiary/aromatic N) is 1. The van der Waals surface area contributed by atoms with Gasteiger partial charge in [0.1, 0.15) is 10.9 Å². The van der Waals surface area contributed by atoms with Crippen molar-refractivity contribution in [2.75, 3.05) is 0 Å². The standard InChI is InChI=1S/C10H6ClNO2/c11-10-7-1-2-9(14)8(5-13)6(7)3-4-12-10/h1-5,14H. The van der Waals surface area contributed by atoms with Crippen LogP contribution in [0.4, 0.5) is 0 Å². The van der Waals surface area contributed by atoms with Gasteiger partial charge < -0.3 is 5.11 Å². The number of aromatic nitrogens is 1. The number of hydrogen-bond acceptors (Lipinski definition) is 3. The molecule has 0 aliphatic rings. The number of fused-ring (bicyclic) bond motifs is 1. The Morgan fingerprint density at radius 2 is 2.07 bits per heavy atom. The molecule has 1 aromatic heterocycles. The number of carbonyl (C=O) groups is 1. The van der Waals surface area contributed by atoms with Crippen LogP contribution < -0.4 is 0 Å². The van der Waals surface area contributed by atoms with Gasteiger partial charge in [-0.3, -0.25) is 4.79 Å². The predicted molar refractivity (Wildman–Crippen MR) is 53.8 cm³/mol. The monoisotopic (exact) mass is 207 g/mol. The summed E-state index contributed by atoms with van der Waals surface area (Å²) in [6.45, 7) is 0. The Morgan fingerprint density at radius 1 is 1.29 bits per heavy atom. The van der Waals surface area contributed by atoms with E-state index in [0.29, 0.717) is 22.2 Å². The Morgan fingerprint density at radius 3 is 2.79 bits per heavy atom. The molecule has 0 radical (unpaired) electrons. The number of aldehydes is 1. The molecule has 0 atom stereocenters. The third-order valence-corrected chi connectivity index (χ3v) is 2.33. The van der Waals surface area contributed by atoms with Gasteiger partial charge in [0, 0.05) is 17.0 Å². The lowest BCUT2D eigenvalue weighted by atomic mass is 10.1. The third kappa shape index (κ3) is 1.22. The van der Waals surface area contributed by atoms with Crippen LogP contribution in [0.15, 0.2) is 24.4 Å². The highest BCUT2D eigenvalue weighted by molar-refractivity contribution is 6.34. The number of benzene rings is 1. The first kappa shape index (κ1) is 8.97. The van der Waals surface area contributed by atoms with Crippen LogP contribution >= 0.6 is 11.6 Å². The Kier molecular flexibility index (Phi) is 2.09. The number of hydrogen-bond donors (Lipinski definition) is 1. The number of rotatable bonds is 1. The van der Waals surface area contributed by atoms with E-state index in [9.17, 15) is 9.90 Å². The van der Waals surface area contributed by atoms with Crippen LogP contribution in [0.2, 0.25) is 5.15 Å². The first-order valence-corrected chi connectivity index (χ1v) is 4.33. The van der Waals surface area contributed by atoms with Gasteiger partial charge in [0.25, 0.3) is 0 Å². The molecule has 0 saturated heterocycles. The van der Waals surface area contributed by atoms with E-state index in [1.165, 1.54) is 12.3 Å². The summed E-state index contributed by atoms with van der Waals surface area (Å²) in [5.74, 6) is -0.0465. The van der Waals surface area contributed by atoms with Crippen molar-refractivity contribution in [3.8, 4) is 5.75 Å². The number of pyridine rings is 1. The number of carbonyl (C=O) groups excluding carboxylic acids is 1. The van der Waals surface area contributed by atoms with E-state index < -0.39 is 0 Å². The van der Waals surface area contributed by atoms with Crippen molar-refractivity contribution in [3.05, 3.63) is 35.1 Å². The highest BCUT2D eigenvalue weighted by atomic mass is 35.5. The Balaban J connectivity index is 2.95. The van der Waals surface area contributed by atoms with Crippen molar-refractivity contribution in [1.29, 1.82) is 0 Å². The molecule has 1 N–H and O–H groups in total. The van der Waals surface area contributed by atoms with E-state index >= 15 is 0 Å². The second-order valence-corrected chi connectivity index (χ2v) is 3.17. The van der Waals surface area contributed by atoms with Gasteiger partial charge in [0.15, 0.2) is 6.29 Å². The number of aromatic hydroxyl groups is 1. The van der Waals surface area contributed by atoms with Crippen LogP contribution in [0.1, 0.15) is 10.4 Å². The fraction of sp³-hybridized carbons (Fsp3) is 0. The average molecular weight is 208 g/mol. The van der Waals surface area contributed by atoms with Crippen LogP contribution in [0.25, 0.3) is 10.8 Å². The number of phenolic OH excluding ortho intramolecular Hbond substituents is 1. The Labute approximate surface area is 85.0 Å². The molecule has 70 valence electrons. The molecule has 4 heteroatoms. The molecular weight excluding hydrogens is 202 g/mol. The molecule has 0 amide bonds. The maximum atomic E-state index is 10.7. The molecule has 2 aromatic rings. The molecule has 0 fully saturated rings. The summed E-state index contributed by atoms with van der Waals surface area (Å²) in [6, 6.07) is 4.71. The molecule has 0 aliphatic carbocycles. The number of halogens is 1. The number of phenols is 1. The quantitative estimate of drug-likeness (QED) is 0.577. The molecule has 1 aromatic carbocycles. The summed E-state index contributed by atoms with van der Waals surface area (Å²) in [7, 11) is 0. The zero-order chi connectivity index (χ0) is 10.1. The summed E-state index contributed by atoms with van der Waals surface area (Å²) in [6.07, 6.45) is 2.10. The maximum absolute atomic E-state index is 10.7. The fourth-order valence-corrected chi connectivity index (χ4v) is 1.58. The van der Waals surface area contributed by atoms with E-state index in [2.05, 4.69) is 4.98 Å². The second-order valence-electron chi connectivity index (χ2n) is 2.81. The molecule has 0 aliphatic heterocycles. The molecule has 14 heavy (non-hydrogen) atoms. The van der Waals surface area contributed by atoms with Crippen molar-refractivity contribution in [2.24, 2.45) is 0 Å². The van der Waals surface area contributed by atoms with E-state index in [1.54, 1.807) is 12.1 Å². The van der Waals surface area contributed by atoms with Crippen molar-refractivity contribution in [2.45, 2.75) is 0 Å². The van der Waals surface area contributed by atoms with Crippen molar-refractivity contribution in [3.63, 3.8) is 0 Å². The molecule has 0 spiro atoms. The van der Waals surface area contributed by atoms with E-state index in [4.69, 9.17) is 11.6 Å². The van der Waals surface area contributed by atoms with Gasteiger partial charge in [-0.15, -0.1) is 0 Å². The smallest absolute Gasteiger partial charge is 0.154 e. The summed E-state index contributed by atoms with van der Waals surface area (Å²) in [5.41, 5.74) is 0.242. The highest BCUT2D eigenvalue weighted by Crippen LogP contribution is 2.28. The van der Waals surface area contributed by atoms with Gasteiger partial charge in [0.05, 0.1) is 5.56 Å². The minimum absolute atomic E-state index is 0.0465. The molecule has 0 bridgehead atoms. The molecular formula is C10H6ClNO2. The first-order chi connectivity index (χ1) is 6.74. The van der Waals surface area contributed by atoms with Crippen molar-refractivity contribution >= 4 is 28.7 Å². The lowest BCUT2D eigenvalue weighted by Gasteiger charge is -2.03. The largest absolute Gasteiger partial charge is 0.507 e. The van der Waals surface area contributed by atoms with Gasteiger partial charge in [-0.1, -0.05) is 11.6 Å². The average Bonchev–Trinajstić information content (AvgIpc) is 2.18. The first-order valence-electron chi connectivity index (χ1n) is 3.95. The minimum atomic E-state index is -0.0465. The third-order valence-electron chi connectivity index (χ3n) is 2.03. The van der Waals surface area contributed by atoms with E-state index in [-0.39, 0.29) is 11.3 Å². The predicted octanol–water partition coefficient (Wildman–Crippen LogP) is 2.41. The second kappa shape index (κ2) is 3.27. The normalized spacial score (nSPS) is 10.4. The maximum Gasteiger partial charge on any atom is 0.154 e. The van der Waals surface area contributed by atoms with Gasteiger partial charge in [-0.2, -0.15) is 0 Å². The SMILES string of the molecule is O=Cc1c(O)ccc2c(Cl)nccc12. The van der Waals surface area contributed by atoms with Crippen molar-refractivity contribution < 1.29 is 9.90 Å². The lowest BCUT2D eigenvalue weighted by molar-refractivity contribution is 0.112. The van der Waals surface area contributed by atoms with Gasteiger partial charge >= 0.3 is 0 Å². The van der Waals surface area contributed by atoms with Crippen LogP contribution in [-0.2, 0) is 0 Å². The van der Waals surface area contributed by atoms with Gasteiger partial charge in [-0.25, -0.2) is 4.98 Å². The van der Waals surface area contributed by atoms with E-state index in [0.717, 1.165) is 0 Å². The molecule has 0 unspecified atom stereocenters. The Hall–Kier alpha value is -1.61. The molecule has 3 nitrogen and oxygen atoms in total. The Bertz CT molecular complexity index is 511. The molecule has 2 rings (SSSR count).